The molecule has 0 saturated heterocycles. The van der Waals surface area contributed by atoms with Gasteiger partial charge in [0.05, 0.1) is 11.5 Å². The van der Waals surface area contributed by atoms with Gasteiger partial charge in [0.15, 0.2) is 9.84 Å². The summed E-state index contributed by atoms with van der Waals surface area (Å²) in [6.45, 7) is 0. The molecule has 1 rings (SSSR count). The van der Waals surface area contributed by atoms with E-state index in [-0.39, 0.29) is 17.9 Å². The van der Waals surface area contributed by atoms with Gasteiger partial charge in [-0.15, -0.1) is 11.8 Å². The molecule has 19 heavy (non-hydrogen) atoms. The first-order valence-corrected chi connectivity index (χ1v) is 9.07. The Morgan fingerprint density at radius 3 is 2.63 bits per heavy atom. The van der Waals surface area contributed by atoms with E-state index in [2.05, 4.69) is 15.9 Å². The standard InChI is InChI=1S/C11H15BrN2O3S2/c12-8-1-2-9(13)10(7-8)18-4-6-19(16,17)5-3-11(14)15/h1-2,7H,3-6,13H2,(H2,14,15). The van der Waals surface area contributed by atoms with Gasteiger partial charge in [0, 0.05) is 27.2 Å². The van der Waals surface area contributed by atoms with Gasteiger partial charge < -0.3 is 11.5 Å². The lowest BCUT2D eigenvalue weighted by atomic mass is 10.3. The number of amides is 1. The van der Waals surface area contributed by atoms with E-state index in [1.54, 1.807) is 6.07 Å². The minimum Gasteiger partial charge on any atom is -0.398 e. The Kier molecular flexibility index (Phi) is 6.15. The summed E-state index contributed by atoms with van der Waals surface area (Å²) in [5.74, 6) is -0.414. The third-order valence-corrected chi connectivity index (χ3v) is 5.76. The van der Waals surface area contributed by atoms with Crippen LogP contribution >= 0.6 is 27.7 Å². The van der Waals surface area contributed by atoms with Crippen molar-refractivity contribution in [3.8, 4) is 0 Å². The fourth-order valence-corrected chi connectivity index (χ4v) is 4.51. The van der Waals surface area contributed by atoms with Crippen molar-refractivity contribution in [2.45, 2.75) is 11.3 Å². The molecule has 0 radical (unpaired) electrons. The van der Waals surface area contributed by atoms with Gasteiger partial charge >= 0.3 is 0 Å². The number of nitrogens with two attached hydrogens (primary N) is 2. The molecule has 1 amide bonds. The number of primary amides is 1. The summed E-state index contributed by atoms with van der Waals surface area (Å²) < 4.78 is 24.1. The first-order valence-electron chi connectivity index (χ1n) is 5.47. The third-order valence-electron chi connectivity index (χ3n) is 2.29. The second kappa shape index (κ2) is 7.16. The van der Waals surface area contributed by atoms with Crippen LogP contribution in [-0.4, -0.2) is 31.6 Å². The first-order chi connectivity index (χ1) is 8.80. The number of halogens is 1. The molecule has 0 unspecified atom stereocenters. The molecule has 0 saturated carbocycles. The van der Waals surface area contributed by atoms with Gasteiger partial charge in [-0.3, -0.25) is 4.79 Å². The third kappa shape index (κ3) is 6.31. The summed E-state index contributed by atoms with van der Waals surface area (Å²) in [6.07, 6.45) is -0.133. The van der Waals surface area contributed by atoms with Gasteiger partial charge in [-0.25, -0.2) is 8.42 Å². The summed E-state index contributed by atoms with van der Waals surface area (Å²) in [5, 5.41) is 0. The number of hydrogen-bond acceptors (Lipinski definition) is 5. The number of hydrogen-bond donors (Lipinski definition) is 2. The molecular weight excluding hydrogens is 352 g/mol. The SMILES string of the molecule is NC(=O)CCS(=O)(=O)CCSc1cc(Br)ccc1N. The molecule has 5 nitrogen and oxygen atoms in total. The van der Waals surface area contributed by atoms with Crippen molar-refractivity contribution in [1.82, 2.24) is 0 Å². The van der Waals surface area contributed by atoms with E-state index in [0.29, 0.717) is 11.4 Å². The second-order valence-corrected chi connectivity index (χ2v) is 8.25. The highest BCUT2D eigenvalue weighted by atomic mass is 79.9. The van der Waals surface area contributed by atoms with Gasteiger partial charge in [0.2, 0.25) is 5.91 Å². The zero-order valence-corrected chi connectivity index (χ0v) is 13.4. The average molecular weight is 367 g/mol. The van der Waals surface area contributed by atoms with Crippen molar-refractivity contribution < 1.29 is 13.2 Å². The Morgan fingerprint density at radius 1 is 1.32 bits per heavy atom. The molecule has 106 valence electrons. The summed E-state index contributed by atoms with van der Waals surface area (Å²) in [4.78, 5) is 11.4. The highest BCUT2D eigenvalue weighted by Gasteiger charge is 2.13. The van der Waals surface area contributed by atoms with Crippen LogP contribution in [0.25, 0.3) is 0 Å². The predicted octanol–water partition coefficient (Wildman–Crippen LogP) is 1.41. The molecule has 0 aliphatic carbocycles. The number of carbonyl (C=O) groups is 1. The van der Waals surface area contributed by atoms with Crippen molar-refractivity contribution >= 4 is 49.1 Å². The Labute approximate surface area is 125 Å². The number of rotatable bonds is 7. The molecule has 0 atom stereocenters. The van der Waals surface area contributed by atoms with Gasteiger partial charge in [-0.05, 0) is 18.2 Å². The van der Waals surface area contributed by atoms with Crippen LogP contribution in [0.2, 0.25) is 0 Å². The lowest BCUT2D eigenvalue weighted by Gasteiger charge is -2.06. The van der Waals surface area contributed by atoms with Crippen LogP contribution in [0.5, 0.6) is 0 Å². The molecule has 4 N–H and O–H groups in total. The van der Waals surface area contributed by atoms with Crippen LogP contribution in [0.3, 0.4) is 0 Å². The Hall–Kier alpha value is -0.730. The van der Waals surface area contributed by atoms with Crippen LogP contribution in [0, 0.1) is 0 Å². The number of nitrogen functional groups attached to an aromatic ring is 1. The van der Waals surface area contributed by atoms with Crippen molar-refractivity contribution in [1.29, 1.82) is 0 Å². The van der Waals surface area contributed by atoms with Gasteiger partial charge in [0.25, 0.3) is 0 Å². The maximum atomic E-state index is 11.6. The molecule has 0 aromatic heterocycles. The van der Waals surface area contributed by atoms with E-state index in [1.165, 1.54) is 11.8 Å². The Morgan fingerprint density at radius 2 is 2.00 bits per heavy atom. The number of anilines is 1. The normalized spacial score (nSPS) is 11.4. The summed E-state index contributed by atoms with van der Waals surface area (Å²) >= 11 is 4.70. The fraction of sp³-hybridized carbons (Fsp3) is 0.364. The lowest BCUT2D eigenvalue weighted by Crippen LogP contribution is -2.19. The van der Waals surface area contributed by atoms with Crippen LogP contribution in [0.4, 0.5) is 5.69 Å². The molecule has 0 spiro atoms. The highest BCUT2D eigenvalue weighted by Crippen LogP contribution is 2.28. The van der Waals surface area contributed by atoms with E-state index in [9.17, 15) is 13.2 Å². The zero-order valence-electron chi connectivity index (χ0n) is 10.1. The van der Waals surface area contributed by atoms with Crippen LogP contribution in [-0.2, 0) is 14.6 Å². The van der Waals surface area contributed by atoms with E-state index in [0.717, 1.165) is 9.37 Å². The molecule has 1 aromatic rings. The number of benzene rings is 1. The summed E-state index contributed by atoms with van der Waals surface area (Å²) in [7, 11) is -3.24. The fourth-order valence-electron chi connectivity index (χ4n) is 1.27. The highest BCUT2D eigenvalue weighted by molar-refractivity contribution is 9.10. The maximum Gasteiger partial charge on any atom is 0.218 e. The summed E-state index contributed by atoms with van der Waals surface area (Å²) in [5.41, 5.74) is 11.3. The second-order valence-electron chi connectivity index (χ2n) is 3.90. The Balaban J connectivity index is 2.49. The smallest absolute Gasteiger partial charge is 0.218 e. The van der Waals surface area contributed by atoms with Crippen molar-refractivity contribution in [2.75, 3.05) is 23.0 Å². The number of carbonyl (C=O) groups excluding carboxylic acids is 1. The number of thioether (sulfide) groups is 1. The molecule has 0 aliphatic heterocycles. The minimum atomic E-state index is -3.24. The monoisotopic (exact) mass is 366 g/mol. The van der Waals surface area contributed by atoms with Gasteiger partial charge in [0.1, 0.15) is 0 Å². The van der Waals surface area contributed by atoms with Crippen LogP contribution in [0.1, 0.15) is 6.42 Å². The maximum absolute atomic E-state index is 11.6. The van der Waals surface area contributed by atoms with Crippen LogP contribution < -0.4 is 11.5 Å². The quantitative estimate of drug-likeness (QED) is 0.560. The first kappa shape index (κ1) is 16.3. The zero-order chi connectivity index (χ0) is 14.5. The average Bonchev–Trinajstić information content (AvgIpc) is 2.31. The largest absolute Gasteiger partial charge is 0.398 e. The van der Waals surface area contributed by atoms with E-state index >= 15 is 0 Å². The molecular formula is C11H15BrN2O3S2. The molecule has 8 heteroatoms. The molecule has 1 aromatic carbocycles. The van der Waals surface area contributed by atoms with Crippen molar-refractivity contribution in [3.63, 3.8) is 0 Å². The van der Waals surface area contributed by atoms with Crippen molar-refractivity contribution in [3.05, 3.63) is 22.7 Å². The van der Waals surface area contributed by atoms with Crippen molar-refractivity contribution in [2.24, 2.45) is 5.73 Å². The van der Waals surface area contributed by atoms with E-state index in [1.807, 2.05) is 12.1 Å². The molecule has 0 bridgehead atoms. The molecule has 0 aliphatic rings. The topological polar surface area (TPSA) is 103 Å². The van der Waals surface area contributed by atoms with E-state index < -0.39 is 15.7 Å². The molecule has 0 heterocycles. The lowest BCUT2D eigenvalue weighted by molar-refractivity contribution is -0.117. The number of sulfone groups is 1. The van der Waals surface area contributed by atoms with Gasteiger partial charge in [-0.2, -0.15) is 0 Å². The van der Waals surface area contributed by atoms with Crippen LogP contribution in [0.15, 0.2) is 27.6 Å². The van der Waals surface area contributed by atoms with Gasteiger partial charge in [-0.1, -0.05) is 15.9 Å². The minimum absolute atomic E-state index is 0.00308. The summed E-state index contributed by atoms with van der Waals surface area (Å²) in [6, 6.07) is 5.42. The van der Waals surface area contributed by atoms with E-state index in [4.69, 9.17) is 11.5 Å². The predicted molar refractivity (Wildman–Crippen MR) is 81.7 cm³/mol. The Bertz CT molecular complexity index is 561. The molecule has 0 fully saturated rings.